The lowest BCUT2D eigenvalue weighted by molar-refractivity contribution is 0.0355. The molecular formula is C10H19NO. The molecule has 0 radical (unpaired) electrons. The molecule has 2 saturated carbocycles. The van der Waals surface area contributed by atoms with Gasteiger partial charge in [0.15, 0.2) is 0 Å². The van der Waals surface area contributed by atoms with Crippen molar-refractivity contribution in [2.24, 2.45) is 23.5 Å². The predicted octanol–water partition coefficient (Wildman–Crippen LogP) is 1.40. The van der Waals surface area contributed by atoms with E-state index >= 15 is 0 Å². The van der Waals surface area contributed by atoms with Crippen molar-refractivity contribution in [2.45, 2.75) is 31.8 Å². The molecule has 2 aliphatic rings. The molecule has 70 valence electrons. The van der Waals surface area contributed by atoms with Crippen molar-refractivity contribution in [3.05, 3.63) is 0 Å². The molecule has 0 heterocycles. The molecule has 4 atom stereocenters. The van der Waals surface area contributed by atoms with E-state index in [1.54, 1.807) is 7.11 Å². The van der Waals surface area contributed by atoms with Crippen LogP contribution in [0.1, 0.15) is 25.7 Å². The summed E-state index contributed by atoms with van der Waals surface area (Å²) in [5.41, 5.74) is 5.67. The van der Waals surface area contributed by atoms with Gasteiger partial charge in [-0.15, -0.1) is 0 Å². The quantitative estimate of drug-likeness (QED) is 0.693. The number of fused-ring (bicyclic) bond motifs is 2. The van der Waals surface area contributed by atoms with Gasteiger partial charge in [-0.2, -0.15) is 0 Å². The van der Waals surface area contributed by atoms with E-state index in [9.17, 15) is 0 Å². The largest absolute Gasteiger partial charge is 0.380 e. The highest BCUT2D eigenvalue weighted by Crippen LogP contribution is 2.49. The van der Waals surface area contributed by atoms with Crippen LogP contribution in [0.25, 0.3) is 0 Å². The molecule has 4 unspecified atom stereocenters. The van der Waals surface area contributed by atoms with Gasteiger partial charge in [-0.3, -0.25) is 0 Å². The van der Waals surface area contributed by atoms with E-state index in [1.165, 1.54) is 25.7 Å². The number of nitrogens with two attached hydrogens (primary N) is 1. The number of hydrogen-bond acceptors (Lipinski definition) is 2. The number of hydrogen-bond donors (Lipinski definition) is 1. The van der Waals surface area contributed by atoms with Gasteiger partial charge in [0.25, 0.3) is 0 Å². The van der Waals surface area contributed by atoms with Crippen LogP contribution in [0.3, 0.4) is 0 Å². The van der Waals surface area contributed by atoms with Crippen LogP contribution in [0.15, 0.2) is 0 Å². The van der Waals surface area contributed by atoms with Gasteiger partial charge in [0.05, 0.1) is 6.10 Å². The van der Waals surface area contributed by atoms with Crippen LogP contribution in [0.5, 0.6) is 0 Å². The summed E-state index contributed by atoms with van der Waals surface area (Å²) < 4.78 is 5.41. The molecule has 2 heteroatoms. The van der Waals surface area contributed by atoms with Gasteiger partial charge >= 0.3 is 0 Å². The van der Waals surface area contributed by atoms with Crippen molar-refractivity contribution in [2.75, 3.05) is 13.7 Å². The number of rotatable bonds is 3. The van der Waals surface area contributed by atoms with Crippen molar-refractivity contribution < 1.29 is 4.74 Å². The average molecular weight is 169 g/mol. The van der Waals surface area contributed by atoms with Crippen LogP contribution in [-0.2, 0) is 4.74 Å². The highest BCUT2D eigenvalue weighted by Gasteiger charge is 2.42. The van der Waals surface area contributed by atoms with Crippen molar-refractivity contribution in [1.29, 1.82) is 0 Å². The van der Waals surface area contributed by atoms with E-state index in [0.717, 1.165) is 17.8 Å². The molecular weight excluding hydrogens is 150 g/mol. The van der Waals surface area contributed by atoms with Gasteiger partial charge in [-0.1, -0.05) is 6.42 Å². The van der Waals surface area contributed by atoms with E-state index in [1.807, 2.05) is 0 Å². The van der Waals surface area contributed by atoms with Crippen LogP contribution in [0.2, 0.25) is 0 Å². The average Bonchev–Trinajstić information content (AvgIpc) is 2.67. The molecule has 2 bridgehead atoms. The van der Waals surface area contributed by atoms with Crippen LogP contribution < -0.4 is 5.73 Å². The Balaban J connectivity index is 1.96. The topological polar surface area (TPSA) is 35.2 Å². The minimum atomic E-state index is 0.334. The van der Waals surface area contributed by atoms with Gasteiger partial charge in [0.2, 0.25) is 0 Å². The van der Waals surface area contributed by atoms with E-state index in [-0.39, 0.29) is 0 Å². The van der Waals surface area contributed by atoms with Gasteiger partial charge in [-0.05, 0) is 37.0 Å². The smallest absolute Gasteiger partial charge is 0.0724 e. The highest BCUT2D eigenvalue weighted by molar-refractivity contribution is 4.93. The zero-order valence-corrected chi connectivity index (χ0v) is 7.83. The molecule has 0 aromatic carbocycles. The van der Waals surface area contributed by atoms with Crippen LogP contribution in [-0.4, -0.2) is 19.8 Å². The Hall–Kier alpha value is -0.0800. The third kappa shape index (κ3) is 1.27. The Kier molecular flexibility index (Phi) is 2.37. The fourth-order valence-electron chi connectivity index (χ4n) is 3.20. The van der Waals surface area contributed by atoms with Crippen LogP contribution >= 0.6 is 0 Å². The summed E-state index contributed by atoms with van der Waals surface area (Å²) in [4.78, 5) is 0. The first kappa shape index (κ1) is 8.52. The molecule has 0 saturated heterocycles. The first-order chi connectivity index (χ1) is 5.85. The van der Waals surface area contributed by atoms with E-state index < -0.39 is 0 Å². The first-order valence-electron chi connectivity index (χ1n) is 5.08. The minimum Gasteiger partial charge on any atom is -0.380 e. The lowest BCUT2D eigenvalue weighted by atomic mass is 9.84. The Morgan fingerprint density at radius 2 is 2.25 bits per heavy atom. The summed E-state index contributed by atoms with van der Waals surface area (Å²) >= 11 is 0. The lowest BCUT2D eigenvalue weighted by Crippen LogP contribution is -2.34. The van der Waals surface area contributed by atoms with Crippen LogP contribution in [0, 0.1) is 17.8 Å². The molecule has 0 aromatic heterocycles. The lowest BCUT2D eigenvalue weighted by Gasteiger charge is -2.28. The standard InChI is InChI=1S/C10H19NO/c1-12-10(6-11)9-5-7-2-3-8(9)4-7/h7-10H,2-6,11H2,1H3. The van der Waals surface area contributed by atoms with Crippen molar-refractivity contribution in [3.63, 3.8) is 0 Å². The summed E-state index contributed by atoms with van der Waals surface area (Å²) in [6.45, 7) is 0.699. The number of methoxy groups -OCH3 is 1. The maximum atomic E-state index is 5.67. The zero-order valence-electron chi connectivity index (χ0n) is 7.83. The summed E-state index contributed by atoms with van der Waals surface area (Å²) in [6, 6.07) is 0. The molecule has 2 nitrogen and oxygen atoms in total. The van der Waals surface area contributed by atoms with Crippen molar-refractivity contribution in [1.82, 2.24) is 0 Å². The first-order valence-corrected chi connectivity index (χ1v) is 5.08. The maximum absolute atomic E-state index is 5.67. The third-order valence-electron chi connectivity index (χ3n) is 3.81. The molecule has 12 heavy (non-hydrogen) atoms. The fraction of sp³-hybridized carbons (Fsp3) is 1.00. The summed E-state index contributed by atoms with van der Waals surface area (Å²) in [7, 11) is 1.80. The second-order valence-corrected chi connectivity index (χ2v) is 4.35. The summed E-state index contributed by atoms with van der Waals surface area (Å²) in [5.74, 6) is 2.71. The Bertz CT molecular complexity index is 156. The Labute approximate surface area is 74.5 Å². The fourth-order valence-corrected chi connectivity index (χ4v) is 3.20. The monoisotopic (exact) mass is 169 g/mol. The summed E-state index contributed by atoms with van der Waals surface area (Å²) in [5, 5.41) is 0. The highest BCUT2D eigenvalue weighted by atomic mass is 16.5. The Morgan fingerprint density at radius 3 is 2.67 bits per heavy atom. The minimum absolute atomic E-state index is 0.334. The molecule has 2 fully saturated rings. The van der Waals surface area contributed by atoms with Gasteiger partial charge < -0.3 is 10.5 Å². The van der Waals surface area contributed by atoms with Gasteiger partial charge in [0, 0.05) is 13.7 Å². The summed E-state index contributed by atoms with van der Waals surface area (Å²) in [6.07, 6.45) is 6.04. The predicted molar refractivity (Wildman–Crippen MR) is 48.8 cm³/mol. The second kappa shape index (κ2) is 3.35. The molecule has 0 aliphatic heterocycles. The third-order valence-corrected chi connectivity index (χ3v) is 3.81. The normalized spacial score (nSPS) is 42.0. The van der Waals surface area contributed by atoms with Crippen molar-refractivity contribution >= 4 is 0 Å². The molecule has 2 rings (SSSR count). The molecule has 0 aromatic rings. The Morgan fingerprint density at radius 1 is 1.42 bits per heavy atom. The van der Waals surface area contributed by atoms with E-state index in [4.69, 9.17) is 10.5 Å². The van der Waals surface area contributed by atoms with Gasteiger partial charge in [-0.25, -0.2) is 0 Å². The molecule has 0 spiro atoms. The molecule has 0 amide bonds. The van der Waals surface area contributed by atoms with Crippen molar-refractivity contribution in [3.8, 4) is 0 Å². The van der Waals surface area contributed by atoms with Gasteiger partial charge in [0.1, 0.15) is 0 Å². The van der Waals surface area contributed by atoms with E-state index in [0.29, 0.717) is 12.6 Å². The maximum Gasteiger partial charge on any atom is 0.0724 e. The zero-order chi connectivity index (χ0) is 8.55. The van der Waals surface area contributed by atoms with Crippen LogP contribution in [0.4, 0.5) is 0 Å². The molecule has 2 aliphatic carbocycles. The van der Waals surface area contributed by atoms with E-state index in [2.05, 4.69) is 0 Å². The SMILES string of the molecule is COC(CN)C1CC2CCC1C2. The number of ether oxygens (including phenoxy) is 1. The second-order valence-electron chi connectivity index (χ2n) is 4.35. The molecule has 2 N–H and O–H groups in total.